The lowest BCUT2D eigenvalue weighted by molar-refractivity contribution is -0.140. The number of carbonyl (C=O) groups is 2. The second kappa shape index (κ2) is 7.75. The van der Waals surface area contributed by atoms with E-state index in [1.165, 1.54) is 13.2 Å². The van der Waals surface area contributed by atoms with Crippen LogP contribution in [0.5, 0.6) is 0 Å². The van der Waals surface area contributed by atoms with Gasteiger partial charge in [-0.2, -0.15) is 0 Å². The molecule has 0 spiro atoms. The number of hydrogen-bond donors (Lipinski definition) is 1. The number of carbonyl (C=O) groups excluding carboxylic acids is 2. The zero-order valence-electron chi connectivity index (χ0n) is 14.6. The summed E-state index contributed by atoms with van der Waals surface area (Å²) in [7, 11) is 1.52. The minimum Gasteiger partial charge on any atom is -0.460 e. The molecule has 1 aliphatic carbocycles. The molecule has 1 heterocycles. The van der Waals surface area contributed by atoms with Gasteiger partial charge in [-0.25, -0.2) is 14.0 Å². The van der Waals surface area contributed by atoms with E-state index < -0.39 is 17.8 Å². The van der Waals surface area contributed by atoms with Crippen molar-refractivity contribution in [3.63, 3.8) is 0 Å². The molecular weight excluding hydrogens is 407 g/mol. The highest BCUT2D eigenvalue weighted by atomic mass is 79.9. The Morgan fingerprint density at radius 3 is 2.73 bits per heavy atom. The van der Waals surface area contributed by atoms with E-state index in [-0.39, 0.29) is 29.8 Å². The van der Waals surface area contributed by atoms with Crippen molar-refractivity contribution in [1.82, 2.24) is 10.2 Å². The van der Waals surface area contributed by atoms with Gasteiger partial charge >= 0.3 is 12.0 Å². The van der Waals surface area contributed by atoms with Gasteiger partial charge in [0, 0.05) is 18.8 Å². The number of methoxy groups -OCH3 is 1. The topological polar surface area (TPSA) is 67.9 Å². The third-order valence-corrected chi connectivity index (χ3v) is 5.06. The van der Waals surface area contributed by atoms with E-state index in [1.807, 2.05) is 0 Å². The molecule has 0 bridgehead atoms. The summed E-state index contributed by atoms with van der Waals surface area (Å²) in [5, 5.41) is 2.86. The average Bonchev–Trinajstić information content (AvgIpc) is 3.42. The zero-order chi connectivity index (χ0) is 18.8. The highest BCUT2D eigenvalue weighted by Gasteiger charge is 2.42. The normalized spacial score (nSPS) is 20.2. The number of allylic oxidation sites excluding steroid dienone is 1. The number of benzene rings is 1. The Morgan fingerprint density at radius 2 is 2.12 bits per heavy atom. The van der Waals surface area contributed by atoms with Gasteiger partial charge in [0.15, 0.2) is 0 Å². The maximum absolute atomic E-state index is 13.6. The molecular formula is C18H20BrFN2O4. The van der Waals surface area contributed by atoms with Gasteiger partial charge in [-0.1, -0.05) is 6.07 Å². The Hall–Kier alpha value is -1.93. The Bertz CT molecular complexity index is 764. The van der Waals surface area contributed by atoms with E-state index in [1.54, 1.807) is 24.0 Å². The summed E-state index contributed by atoms with van der Waals surface area (Å²) in [5.74, 6) is -0.934. The van der Waals surface area contributed by atoms with Crippen molar-refractivity contribution in [1.29, 1.82) is 0 Å². The number of amides is 2. The fraction of sp³-hybridized carbons (Fsp3) is 0.444. The monoisotopic (exact) mass is 426 g/mol. The standard InChI is InChI=1S/C18H20BrFN2O4/c1-10-15(17(23)26-8-7-25-2)16(11-3-6-14(20)13(19)9-11)21-18(24)22(10)12-4-5-12/h3,6,9,12,16H,4-5,7-8H2,1-2H3,(H,21,24). The first kappa shape index (κ1) is 18.8. The molecule has 1 saturated carbocycles. The van der Waals surface area contributed by atoms with Gasteiger partial charge in [-0.3, -0.25) is 4.90 Å². The largest absolute Gasteiger partial charge is 0.460 e. The predicted molar refractivity (Wildman–Crippen MR) is 95.8 cm³/mol. The van der Waals surface area contributed by atoms with E-state index in [2.05, 4.69) is 21.2 Å². The smallest absolute Gasteiger partial charge is 0.338 e. The molecule has 1 aromatic carbocycles. The summed E-state index contributed by atoms with van der Waals surface area (Å²) in [6.45, 7) is 2.14. The van der Waals surface area contributed by atoms with Gasteiger partial charge in [0.2, 0.25) is 0 Å². The SMILES string of the molecule is COCCOC(=O)C1=C(C)N(C2CC2)C(=O)NC1c1ccc(F)c(Br)c1. The van der Waals surface area contributed by atoms with Crippen LogP contribution in [0.15, 0.2) is 33.9 Å². The lowest BCUT2D eigenvalue weighted by Crippen LogP contribution is -2.49. The quantitative estimate of drug-likeness (QED) is 0.559. The van der Waals surface area contributed by atoms with Crippen molar-refractivity contribution in [3.05, 3.63) is 45.3 Å². The van der Waals surface area contributed by atoms with E-state index in [9.17, 15) is 14.0 Å². The van der Waals surface area contributed by atoms with Gasteiger partial charge in [0.1, 0.15) is 12.4 Å². The maximum atomic E-state index is 13.6. The number of esters is 1. The minimum absolute atomic E-state index is 0.109. The second-order valence-corrected chi connectivity index (χ2v) is 7.14. The molecule has 1 aliphatic heterocycles. The first-order chi connectivity index (χ1) is 12.4. The van der Waals surface area contributed by atoms with Gasteiger partial charge in [-0.15, -0.1) is 0 Å². The fourth-order valence-electron chi connectivity index (χ4n) is 3.03. The Balaban J connectivity index is 1.98. The van der Waals surface area contributed by atoms with Crippen molar-refractivity contribution >= 4 is 27.9 Å². The van der Waals surface area contributed by atoms with Crippen molar-refractivity contribution in [2.75, 3.05) is 20.3 Å². The van der Waals surface area contributed by atoms with E-state index >= 15 is 0 Å². The van der Waals surface area contributed by atoms with E-state index in [4.69, 9.17) is 9.47 Å². The number of hydrogen-bond acceptors (Lipinski definition) is 4. The molecule has 26 heavy (non-hydrogen) atoms. The number of nitrogens with zero attached hydrogens (tertiary/aromatic N) is 1. The highest BCUT2D eigenvalue weighted by Crippen LogP contribution is 2.38. The molecule has 6 nitrogen and oxygen atoms in total. The van der Waals surface area contributed by atoms with Crippen LogP contribution in [0.2, 0.25) is 0 Å². The Morgan fingerprint density at radius 1 is 1.38 bits per heavy atom. The van der Waals surface area contributed by atoms with Crippen LogP contribution in [-0.2, 0) is 14.3 Å². The van der Waals surface area contributed by atoms with Crippen molar-refractivity contribution in [2.24, 2.45) is 0 Å². The Labute approximate surface area is 159 Å². The minimum atomic E-state index is -0.704. The summed E-state index contributed by atoms with van der Waals surface area (Å²) >= 11 is 3.15. The average molecular weight is 427 g/mol. The lowest BCUT2D eigenvalue weighted by atomic mass is 9.95. The van der Waals surface area contributed by atoms with Crippen LogP contribution >= 0.6 is 15.9 Å². The molecule has 8 heteroatoms. The molecule has 2 amide bonds. The first-order valence-electron chi connectivity index (χ1n) is 8.35. The van der Waals surface area contributed by atoms with E-state index in [0.29, 0.717) is 16.8 Å². The molecule has 3 rings (SSSR count). The molecule has 0 aromatic heterocycles. The van der Waals surface area contributed by atoms with Crippen LogP contribution in [0.3, 0.4) is 0 Å². The molecule has 1 aromatic rings. The summed E-state index contributed by atoms with van der Waals surface area (Å²) in [4.78, 5) is 26.9. The molecule has 2 aliphatic rings. The van der Waals surface area contributed by atoms with Crippen LogP contribution in [0.25, 0.3) is 0 Å². The fourth-order valence-corrected chi connectivity index (χ4v) is 3.43. The van der Waals surface area contributed by atoms with Gasteiger partial charge in [0.05, 0.1) is 22.7 Å². The summed E-state index contributed by atoms with van der Waals surface area (Å²) in [6.07, 6.45) is 1.81. The zero-order valence-corrected chi connectivity index (χ0v) is 16.1. The van der Waals surface area contributed by atoms with Crippen LogP contribution in [0.4, 0.5) is 9.18 Å². The third kappa shape index (κ3) is 3.76. The number of halogens is 2. The number of urea groups is 1. The lowest BCUT2D eigenvalue weighted by Gasteiger charge is -2.35. The number of nitrogens with one attached hydrogen (secondary N) is 1. The summed E-state index contributed by atoms with van der Waals surface area (Å²) in [6, 6.07) is 3.55. The first-order valence-corrected chi connectivity index (χ1v) is 9.14. The highest BCUT2D eigenvalue weighted by molar-refractivity contribution is 9.10. The number of ether oxygens (including phenoxy) is 2. The maximum Gasteiger partial charge on any atom is 0.338 e. The third-order valence-electron chi connectivity index (χ3n) is 4.46. The van der Waals surface area contributed by atoms with Crippen molar-refractivity contribution in [2.45, 2.75) is 31.8 Å². The van der Waals surface area contributed by atoms with Crippen LogP contribution in [0, 0.1) is 5.82 Å². The second-order valence-electron chi connectivity index (χ2n) is 6.29. The molecule has 1 atom stereocenters. The molecule has 140 valence electrons. The van der Waals surface area contributed by atoms with Crippen molar-refractivity contribution in [3.8, 4) is 0 Å². The van der Waals surface area contributed by atoms with Crippen LogP contribution < -0.4 is 5.32 Å². The molecule has 1 unspecified atom stereocenters. The molecule has 0 saturated heterocycles. The van der Waals surface area contributed by atoms with Crippen LogP contribution in [0.1, 0.15) is 31.4 Å². The predicted octanol–water partition coefficient (Wildman–Crippen LogP) is 3.28. The van der Waals surface area contributed by atoms with Gasteiger partial charge in [0.25, 0.3) is 0 Å². The molecule has 0 radical (unpaired) electrons. The number of rotatable bonds is 6. The van der Waals surface area contributed by atoms with Crippen molar-refractivity contribution < 1.29 is 23.5 Å². The van der Waals surface area contributed by atoms with Gasteiger partial charge < -0.3 is 14.8 Å². The van der Waals surface area contributed by atoms with Crippen LogP contribution in [-0.4, -0.2) is 43.3 Å². The summed E-state index contributed by atoms with van der Waals surface area (Å²) in [5.41, 5.74) is 1.52. The Kier molecular flexibility index (Phi) is 5.62. The van der Waals surface area contributed by atoms with Gasteiger partial charge in [-0.05, 0) is 53.4 Å². The van der Waals surface area contributed by atoms with E-state index in [0.717, 1.165) is 12.8 Å². The molecule has 1 N–H and O–H groups in total. The molecule has 1 fully saturated rings. The summed E-state index contributed by atoms with van der Waals surface area (Å²) < 4.78 is 24.1.